The molecule has 0 spiro atoms. The number of nitrogens with zero attached hydrogens (tertiary/aromatic N) is 2. The van der Waals surface area contributed by atoms with E-state index in [-0.39, 0.29) is 5.91 Å². The molecule has 1 amide bonds. The first-order valence-corrected chi connectivity index (χ1v) is 9.62. The topological polar surface area (TPSA) is 55.7 Å². The van der Waals surface area contributed by atoms with Crippen molar-refractivity contribution in [1.29, 1.82) is 0 Å². The Balaban J connectivity index is 1.85. The Hall–Kier alpha value is -2.64. The van der Waals surface area contributed by atoms with Crippen LogP contribution in [-0.2, 0) is 16.1 Å². The third kappa shape index (κ3) is 3.95. The van der Waals surface area contributed by atoms with Gasteiger partial charge in [-0.05, 0) is 75.0 Å². The molecule has 0 unspecified atom stereocenters. The van der Waals surface area contributed by atoms with Crippen LogP contribution in [0.15, 0.2) is 36.0 Å². The predicted molar refractivity (Wildman–Crippen MR) is 115 cm³/mol. The summed E-state index contributed by atoms with van der Waals surface area (Å²) in [5.74, 6) is 0.590. The number of nitrogens with one attached hydrogen (secondary N) is 1. The summed E-state index contributed by atoms with van der Waals surface area (Å²) in [7, 11) is 1.69. The highest BCUT2D eigenvalue weighted by atomic mass is 32.1. The summed E-state index contributed by atoms with van der Waals surface area (Å²) in [4.78, 5) is 14.5. The molecular weight excluding hydrogens is 374 g/mol. The highest BCUT2D eigenvalue weighted by molar-refractivity contribution is 7.80. The molecule has 0 radical (unpaired) electrons. The molecule has 1 fully saturated rings. The molecule has 1 saturated heterocycles. The Bertz CT molecular complexity index is 916. The van der Waals surface area contributed by atoms with Gasteiger partial charge in [0.15, 0.2) is 5.11 Å². The molecule has 2 heterocycles. The molecule has 28 heavy (non-hydrogen) atoms. The van der Waals surface area contributed by atoms with Crippen LogP contribution in [0.3, 0.4) is 0 Å². The maximum absolute atomic E-state index is 13.0. The van der Waals surface area contributed by atoms with E-state index in [4.69, 9.17) is 21.7 Å². The van der Waals surface area contributed by atoms with Gasteiger partial charge in [0.2, 0.25) is 0 Å². The molecule has 1 aromatic carbocycles. The number of carbonyl (C=O) groups is 1. The highest BCUT2D eigenvalue weighted by Gasteiger charge is 2.32. The Morgan fingerprint density at radius 1 is 1.21 bits per heavy atom. The SMILES string of the molecule is CCOc1ccc(N2C(=O)/C(=C/c3cc(C)n(CCOC)c3C)NC2=S)cc1. The number of hydrogen-bond acceptors (Lipinski definition) is 4. The largest absolute Gasteiger partial charge is 0.494 e. The number of hydrogen-bond donors (Lipinski definition) is 1. The quantitative estimate of drug-likeness (QED) is 0.571. The average Bonchev–Trinajstić information content (AvgIpc) is 3.10. The first-order valence-electron chi connectivity index (χ1n) is 9.22. The number of benzene rings is 1. The first kappa shape index (κ1) is 20.1. The van der Waals surface area contributed by atoms with Crippen molar-refractivity contribution in [3.63, 3.8) is 0 Å². The van der Waals surface area contributed by atoms with Crippen molar-refractivity contribution in [1.82, 2.24) is 9.88 Å². The molecule has 1 aromatic heterocycles. The minimum Gasteiger partial charge on any atom is -0.494 e. The molecule has 148 valence electrons. The van der Waals surface area contributed by atoms with Gasteiger partial charge in [-0.25, -0.2) is 0 Å². The Morgan fingerprint density at radius 2 is 1.93 bits per heavy atom. The zero-order valence-electron chi connectivity index (χ0n) is 16.6. The lowest BCUT2D eigenvalue weighted by molar-refractivity contribution is -0.113. The van der Waals surface area contributed by atoms with Crippen LogP contribution in [0.4, 0.5) is 5.69 Å². The predicted octanol–water partition coefficient (Wildman–Crippen LogP) is 3.41. The van der Waals surface area contributed by atoms with Crippen molar-refractivity contribution >= 4 is 35.0 Å². The van der Waals surface area contributed by atoms with Crippen molar-refractivity contribution in [2.24, 2.45) is 0 Å². The number of methoxy groups -OCH3 is 1. The molecule has 0 aliphatic carbocycles. The van der Waals surface area contributed by atoms with Crippen LogP contribution in [0.5, 0.6) is 5.75 Å². The van der Waals surface area contributed by atoms with E-state index in [0.29, 0.717) is 29.7 Å². The van der Waals surface area contributed by atoms with Crippen molar-refractivity contribution in [2.45, 2.75) is 27.3 Å². The normalized spacial score (nSPS) is 15.4. The van der Waals surface area contributed by atoms with E-state index in [1.54, 1.807) is 7.11 Å². The average molecular weight is 400 g/mol. The minimum absolute atomic E-state index is 0.171. The minimum atomic E-state index is -0.171. The highest BCUT2D eigenvalue weighted by Crippen LogP contribution is 2.26. The van der Waals surface area contributed by atoms with E-state index in [2.05, 4.69) is 16.0 Å². The van der Waals surface area contributed by atoms with Crippen LogP contribution >= 0.6 is 12.2 Å². The third-order valence-electron chi connectivity index (χ3n) is 4.72. The van der Waals surface area contributed by atoms with E-state index < -0.39 is 0 Å². The van der Waals surface area contributed by atoms with Gasteiger partial charge in [0, 0.05) is 25.0 Å². The molecule has 2 aromatic rings. The summed E-state index contributed by atoms with van der Waals surface area (Å²) >= 11 is 5.40. The lowest BCUT2D eigenvalue weighted by atomic mass is 10.2. The lowest BCUT2D eigenvalue weighted by Crippen LogP contribution is -2.30. The first-order chi connectivity index (χ1) is 13.5. The van der Waals surface area contributed by atoms with Gasteiger partial charge in [-0.1, -0.05) is 0 Å². The van der Waals surface area contributed by atoms with E-state index in [1.165, 1.54) is 4.90 Å². The molecule has 1 N–H and O–H groups in total. The Kier molecular flexibility index (Phi) is 6.16. The van der Waals surface area contributed by atoms with Crippen molar-refractivity contribution in [3.05, 3.63) is 53.0 Å². The van der Waals surface area contributed by atoms with E-state index in [1.807, 2.05) is 51.1 Å². The molecule has 1 aliphatic heterocycles. The number of rotatable bonds is 7. The molecule has 6 nitrogen and oxygen atoms in total. The maximum Gasteiger partial charge on any atom is 0.281 e. The van der Waals surface area contributed by atoms with Crippen LogP contribution in [0.25, 0.3) is 6.08 Å². The Morgan fingerprint density at radius 3 is 2.57 bits per heavy atom. The van der Waals surface area contributed by atoms with Crippen LogP contribution in [0.2, 0.25) is 0 Å². The number of aryl methyl sites for hydroxylation is 1. The van der Waals surface area contributed by atoms with E-state index in [0.717, 1.165) is 29.2 Å². The molecule has 0 atom stereocenters. The summed E-state index contributed by atoms with van der Waals surface area (Å²) in [6.45, 7) is 8.02. The third-order valence-corrected chi connectivity index (χ3v) is 5.00. The van der Waals surface area contributed by atoms with Crippen molar-refractivity contribution in [2.75, 3.05) is 25.2 Å². The van der Waals surface area contributed by atoms with Gasteiger partial charge < -0.3 is 19.4 Å². The van der Waals surface area contributed by atoms with Crippen molar-refractivity contribution in [3.8, 4) is 5.75 Å². The zero-order valence-corrected chi connectivity index (χ0v) is 17.4. The van der Waals surface area contributed by atoms with Gasteiger partial charge in [0.25, 0.3) is 5.91 Å². The van der Waals surface area contributed by atoms with Gasteiger partial charge in [-0.2, -0.15) is 0 Å². The van der Waals surface area contributed by atoms with E-state index >= 15 is 0 Å². The Labute approximate surface area is 170 Å². The smallest absolute Gasteiger partial charge is 0.281 e. The van der Waals surface area contributed by atoms with Crippen LogP contribution < -0.4 is 15.0 Å². The number of anilines is 1. The standard InChI is InChI=1S/C21H25N3O3S/c1-5-27-18-8-6-17(7-9-18)24-20(25)19(22-21(24)28)13-16-12-14(2)23(15(16)3)10-11-26-4/h6-9,12-13H,5,10-11H2,1-4H3,(H,22,28)/b19-13-. The molecule has 0 bridgehead atoms. The molecule has 0 saturated carbocycles. The molecule has 7 heteroatoms. The van der Waals surface area contributed by atoms with Gasteiger partial charge in [0.1, 0.15) is 11.4 Å². The molecule has 3 rings (SSSR count). The number of amides is 1. The summed E-state index contributed by atoms with van der Waals surface area (Å²) in [6.07, 6.45) is 1.86. The second-order valence-electron chi connectivity index (χ2n) is 6.53. The van der Waals surface area contributed by atoms with Crippen LogP contribution in [0, 0.1) is 13.8 Å². The number of ether oxygens (including phenoxy) is 2. The summed E-state index contributed by atoms with van der Waals surface area (Å²) < 4.78 is 12.8. The second-order valence-corrected chi connectivity index (χ2v) is 6.91. The maximum atomic E-state index is 13.0. The van der Waals surface area contributed by atoms with Gasteiger partial charge in [-0.3, -0.25) is 9.69 Å². The molecular formula is C21H25N3O3S. The monoisotopic (exact) mass is 399 g/mol. The fraction of sp³-hybridized carbons (Fsp3) is 0.333. The van der Waals surface area contributed by atoms with Crippen LogP contribution in [0.1, 0.15) is 23.9 Å². The number of thiocarbonyl (C=S) groups is 1. The number of carbonyl (C=O) groups excluding carboxylic acids is 1. The summed E-state index contributed by atoms with van der Waals surface area (Å²) in [5, 5.41) is 3.41. The summed E-state index contributed by atoms with van der Waals surface area (Å²) in [6, 6.07) is 9.39. The summed E-state index contributed by atoms with van der Waals surface area (Å²) in [5.41, 5.74) is 4.37. The lowest BCUT2D eigenvalue weighted by Gasteiger charge is -2.14. The van der Waals surface area contributed by atoms with Crippen LogP contribution in [-0.4, -0.2) is 35.9 Å². The fourth-order valence-corrected chi connectivity index (χ4v) is 3.58. The zero-order chi connectivity index (χ0) is 20.3. The van der Waals surface area contributed by atoms with Gasteiger partial charge in [0.05, 0.1) is 18.9 Å². The molecule has 1 aliphatic rings. The number of aromatic nitrogens is 1. The van der Waals surface area contributed by atoms with E-state index in [9.17, 15) is 4.79 Å². The van der Waals surface area contributed by atoms with Gasteiger partial charge in [-0.15, -0.1) is 0 Å². The van der Waals surface area contributed by atoms with Gasteiger partial charge >= 0.3 is 0 Å². The fourth-order valence-electron chi connectivity index (χ4n) is 3.28. The van der Waals surface area contributed by atoms with Crippen molar-refractivity contribution < 1.29 is 14.3 Å². The second kappa shape index (κ2) is 8.58.